The molecule has 0 bridgehead atoms. The molecule has 1 atom stereocenters. The molecule has 152 valence electrons. The van der Waals surface area contributed by atoms with Crippen molar-refractivity contribution in [3.63, 3.8) is 0 Å². The molecule has 0 saturated heterocycles. The first-order chi connectivity index (χ1) is 14.4. The van der Waals surface area contributed by atoms with Gasteiger partial charge in [0.2, 0.25) is 11.8 Å². The summed E-state index contributed by atoms with van der Waals surface area (Å²) in [5.74, 6) is 7.63. The largest absolute Gasteiger partial charge is 0.420 e. The van der Waals surface area contributed by atoms with Gasteiger partial charge in [0.25, 0.3) is 5.56 Å². The summed E-state index contributed by atoms with van der Waals surface area (Å²) in [6.45, 7) is 3.59. The van der Waals surface area contributed by atoms with E-state index in [2.05, 4.69) is 32.2 Å². The van der Waals surface area contributed by atoms with Crippen LogP contribution in [-0.2, 0) is 7.05 Å². The highest BCUT2D eigenvalue weighted by Crippen LogP contribution is 2.41. The Kier molecular flexibility index (Phi) is 4.11. The van der Waals surface area contributed by atoms with E-state index in [4.69, 9.17) is 8.94 Å². The third-order valence-corrected chi connectivity index (χ3v) is 5.16. The zero-order chi connectivity index (χ0) is 21.0. The molecule has 0 radical (unpaired) electrons. The van der Waals surface area contributed by atoms with E-state index in [0.29, 0.717) is 51.2 Å². The number of fused-ring (bicyclic) bond motifs is 1. The molecule has 4 aromatic heterocycles. The van der Waals surface area contributed by atoms with Crippen LogP contribution in [0.1, 0.15) is 53.5 Å². The number of nitrogens with one attached hydrogen (secondary N) is 1. The Morgan fingerprint density at radius 2 is 2.13 bits per heavy atom. The van der Waals surface area contributed by atoms with E-state index in [1.807, 2.05) is 6.92 Å². The standard InChI is InChI=1S/C21H19N5O4/c1-10-8-14(25-30-10)15(27)7-6-13-9-26(3)21(28)18-17(13)16(11(2)22-18)20-24-23-19(29-20)12-4-5-12/h8-9,12,15,22,27H,4-5H2,1-3H3/t15-/m1/s1. The lowest BCUT2D eigenvalue weighted by atomic mass is 10.1. The molecule has 0 unspecified atom stereocenters. The van der Waals surface area contributed by atoms with Gasteiger partial charge >= 0.3 is 0 Å². The third-order valence-electron chi connectivity index (χ3n) is 5.16. The van der Waals surface area contributed by atoms with Crippen molar-refractivity contribution in [2.24, 2.45) is 7.05 Å². The number of aromatic amines is 1. The van der Waals surface area contributed by atoms with Crippen molar-refractivity contribution in [2.45, 2.75) is 38.7 Å². The molecule has 30 heavy (non-hydrogen) atoms. The van der Waals surface area contributed by atoms with Crippen LogP contribution in [0.25, 0.3) is 22.4 Å². The first-order valence-corrected chi connectivity index (χ1v) is 9.61. The summed E-state index contributed by atoms with van der Waals surface area (Å²) >= 11 is 0. The van der Waals surface area contributed by atoms with Gasteiger partial charge in [-0.05, 0) is 26.7 Å². The Bertz CT molecular complexity index is 1390. The van der Waals surface area contributed by atoms with Crippen molar-refractivity contribution in [1.82, 2.24) is 24.9 Å². The molecule has 0 spiro atoms. The Morgan fingerprint density at radius 3 is 2.83 bits per heavy atom. The van der Waals surface area contributed by atoms with Crippen LogP contribution in [0.4, 0.5) is 0 Å². The average molecular weight is 405 g/mol. The van der Waals surface area contributed by atoms with Crippen molar-refractivity contribution in [1.29, 1.82) is 0 Å². The van der Waals surface area contributed by atoms with Gasteiger partial charge < -0.3 is 23.6 Å². The highest BCUT2D eigenvalue weighted by Gasteiger charge is 2.30. The fourth-order valence-electron chi connectivity index (χ4n) is 3.48. The summed E-state index contributed by atoms with van der Waals surface area (Å²) in [7, 11) is 1.65. The van der Waals surface area contributed by atoms with Gasteiger partial charge in [-0.2, -0.15) is 0 Å². The smallest absolute Gasteiger partial charge is 0.274 e. The number of rotatable bonds is 3. The summed E-state index contributed by atoms with van der Waals surface area (Å²) in [4.78, 5) is 15.8. The number of hydrogen-bond acceptors (Lipinski definition) is 7. The fourth-order valence-corrected chi connectivity index (χ4v) is 3.48. The zero-order valence-electron chi connectivity index (χ0n) is 16.7. The van der Waals surface area contributed by atoms with E-state index in [0.717, 1.165) is 18.5 Å². The number of nitrogens with zero attached hydrogens (tertiary/aromatic N) is 4. The molecular weight excluding hydrogens is 386 g/mol. The van der Waals surface area contributed by atoms with Crippen molar-refractivity contribution < 1.29 is 14.0 Å². The Hall–Kier alpha value is -3.64. The fraction of sp³-hybridized carbons (Fsp3) is 0.333. The SMILES string of the molecule is Cc1cc([C@H](O)C#Cc2cn(C)c(=O)c3[nH]c(C)c(-c4nnc(C5CC5)o4)c23)no1. The number of pyridine rings is 1. The van der Waals surface area contributed by atoms with Crippen LogP contribution in [0.2, 0.25) is 0 Å². The highest BCUT2D eigenvalue weighted by molar-refractivity contribution is 5.99. The molecule has 0 amide bonds. The molecular formula is C21H19N5O4. The maximum Gasteiger partial charge on any atom is 0.274 e. The Morgan fingerprint density at radius 1 is 1.33 bits per heavy atom. The van der Waals surface area contributed by atoms with Gasteiger partial charge in [0.15, 0.2) is 6.10 Å². The normalized spacial score (nSPS) is 14.7. The van der Waals surface area contributed by atoms with Crippen molar-refractivity contribution in [2.75, 3.05) is 0 Å². The summed E-state index contributed by atoms with van der Waals surface area (Å²) < 4.78 is 12.3. The molecule has 0 aromatic carbocycles. The Labute approximate surface area is 170 Å². The molecule has 1 saturated carbocycles. The van der Waals surface area contributed by atoms with E-state index in [9.17, 15) is 9.90 Å². The molecule has 1 aliphatic carbocycles. The summed E-state index contributed by atoms with van der Waals surface area (Å²) in [6, 6.07) is 1.62. The minimum atomic E-state index is -1.12. The van der Waals surface area contributed by atoms with Crippen LogP contribution < -0.4 is 5.56 Å². The van der Waals surface area contributed by atoms with Gasteiger partial charge in [-0.1, -0.05) is 17.0 Å². The minimum absolute atomic E-state index is 0.195. The van der Waals surface area contributed by atoms with Gasteiger partial charge in [-0.25, -0.2) is 0 Å². The predicted octanol–water partition coefficient (Wildman–Crippen LogP) is 2.48. The van der Waals surface area contributed by atoms with E-state index in [-0.39, 0.29) is 5.56 Å². The summed E-state index contributed by atoms with van der Waals surface area (Å²) in [5.41, 5.74) is 2.47. The van der Waals surface area contributed by atoms with E-state index >= 15 is 0 Å². The number of aromatic nitrogens is 5. The molecule has 1 aliphatic rings. The van der Waals surface area contributed by atoms with Crippen molar-refractivity contribution in [3.05, 3.63) is 51.2 Å². The van der Waals surface area contributed by atoms with Crippen LogP contribution >= 0.6 is 0 Å². The minimum Gasteiger partial charge on any atom is -0.420 e. The van der Waals surface area contributed by atoms with Gasteiger partial charge in [0, 0.05) is 36.3 Å². The van der Waals surface area contributed by atoms with Gasteiger partial charge in [0.05, 0.1) is 11.1 Å². The monoisotopic (exact) mass is 405 g/mol. The lowest BCUT2D eigenvalue weighted by Crippen LogP contribution is -2.17. The molecule has 9 heteroatoms. The maximum absolute atomic E-state index is 12.7. The summed E-state index contributed by atoms with van der Waals surface area (Å²) in [5, 5.41) is 23.1. The van der Waals surface area contributed by atoms with Crippen LogP contribution in [0.5, 0.6) is 0 Å². The molecule has 5 rings (SSSR count). The second kappa shape index (κ2) is 6.71. The molecule has 4 aromatic rings. The van der Waals surface area contributed by atoms with E-state index < -0.39 is 6.10 Å². The second-order valence-corrected chi connectivity index (χ2v) is 7.59. The highest BCUT2D eigenvalue weighted by atomic mass is 16.5. The van der Waals surface area contributed by atoms with Gasteiger partial charge in [-0.15, -0.1) is 10.2 Å². The van der Waals surface area contributed by atoms with Gasteiger partial charge in [0.1, 0.15) is 17.0 Å². The molecule has 0 aliphatic heterocycles. The Balaban J connectivity index is 1.67. The van der Waals surface area contributed by atoms with Crippen LogP contribution in [0.15, 0.2) is 26.0 Å². The quantitative estimate of drug-likeness (QED) is 0.502. The van der Waals surface area contributed by atoms with Crippen molar-refractivity contribution in [3.8, 4) is 23.3 Å². The number of H-pyrrole nitrogens is 1. The molecule has 9 nitrogen and oxygen atoms in total. The average Bonchev–Trinajstić information content (AvgIpc) is 3.12. The topological polar surface area (TPSA) is 123 Å². The third kappa shape index (κ3) is 3.02. The predicted molar refractivity (Wildman–Crippen MR) is 107 cm³/mol. The van der Waals surface area contributed by atoms with Crippen molar-refractivity contribution >= 4 is 10.9 Å². The van der Waals surface area contributed by atoms with Crippen LogP contribution in [0, 0.1) is 25.7 Å². The first-order valence-electron chi connectivity index (χ1n) is 9.61. The van der Waals surface area contributed by atoms with Gasteiger partial charge in [-0.3, -0.25) is 4.79 Å². The number of aliphatic hydroxyl groups is 1. The molecule has 2 N–H and O–H groups in total. The van der Waals surface area contributed by atoms with E-state index in [1.165, 1.54) is 4.57 Å². The first kappa shape index (κ1) is 18.4. The van der Waals surface area contributed by atoms with Crippen LogP contribution in [0.3, 0.4) is 0 Å². The zero-order valence-corrected chi connectivity index (χ0v) is 16.7. The number of aliphatic hydroxyl groups excluding tert-OH is 1. The maximum atomic E-state index is 12.7. The number of aryl methyl sites for hydroxylation is 3. The van der Waals surface area contributed by atoms with Crippen LogP contribution in [-0.4, -0.2) is 30.0 Å². The number of hydrogen-bond donors (Lipinski definition) is 2. The summed E-state index contributed by atoms with van der Waals surface area (Å²) in [6.07, 6.45) is 2.60. The lowest BCUT2D eigenvalue weighted by Gasteiger charge is -2.03. The second-order valence-electron chi connectivity index (χ2n) is 7.59. The van der Waals surface area contributed by atoms with E-state index in [1.54, 1.807) is 26.2 Å². The molecule has 1 fully saturated rings. The molecule has 4 heterocycles. The lowest BCUT2D eigenvalue weighted by molar-refractivity contribution is 0.225.